The van der Waals surface area contributed by atoms with Crippen LogP contribution in [0.15, 0.2) is 78.9 Å². The molecule has 3 aromatic carbocycles. The first-order valence-corrected chi connectivity index (χ1v) is 8.94. The summed E-state index contributed by atoms with van der Waals surface area (Å²) in [5, 5.41) is 3.23. The number of benzene rings is 3. The van der Waals surface area contributed by atoms with Crippen LogP contribution in [0.1, 0.15) is 38.8 Å². The Morgan fingerprint density at radius 2 is 1.42 bits per heavy atom. The third-order valence-corrected chi connectivity index (χ3v) is 4.93. The van der Waals surface area contributed by atoms with Crippen LogP contribution in [-0.4, -0.2) is 10.8 Å². The van der Waals surface area contributed by atoms with Gasteiger partial charge in [-0.2, -0.15) is 0 Å². The summed E-state index contributed by atoms with van der Waals surface area (Å²) in [5.41, 5.74) is 5.60. The van der Waals surface area contributed by atoms with E-state index in [-0.39, 0.29) is 12.1 Å². The van der Waals surface area contributed by atoms with Crippen molar-refractivity contribution in [2.75, 3.05) is 0 Å². The van der Waals surface area contributed by atoms with Crippen LogP contribution in [0.5, 0.6) is 0 Å². The third kappa shape index (κ3) is 3.39. The Balaban J connectivity index is 1.60. The van der Waals surface area contributed by atoms with E-state index in [1.165, 1.54) is 11.1 Å². The lowest BCUT2D eigenvalue weighted by atomic mass is 10.1. The van der Waals surface area contributed by atoms with Gasteiger partial charge in [0.05, 0.1) is 0 Å². The number of amides is 1. The number of nitrogens with zero attached hydrogens (tertiary/aromatic N) is 1. The predicted molar refractivity (Wildman–Crippen MR) is 104 cm³/mol. The number of nitrogens with one attached hydrogen (secondary N) is 1. The van der Waals surface area contributed by atoms with Crippen molar-refractivity contribution in [3.63, 3.8) is 0 Å². The first-order valence-electron chi connectivity index (χ1n) is 8.94. The molecule has 1 amide bonds. The van der Waals surface area contributed by atoms with Crippen LogP contribution < -0.4 is 5.32 Å². The highest BCUT2D eigenvalue weighted by Crippen LogP contribution is 2.30. The fourth-order valence-corrected chi connectivity index (χ4v) is 3.48. The van der Waals surface area contributed by atoms with Crippen molar-refractivity contribution in [3.05, 3.63) is 107 Å². The molecule has 0 saturated heterocycles. The second-order valence-electron chi connectivity index (χ2n) is 6.83. The maximum atomic E-state index is 12.8. The minimum Gasteiger partial charge on any atom is -0.332 e. The van der Waals surface area contributed by atoms with E-state index in [4.69, 9.17) is 0 Å². The van der Waals surface area contributed by atoms with Gasteiger partial charge in [-0.05, 0) is 35.7 Å². The average molecular weight is 342 g/mol. The van der Waals surface area contributed by atoms with Gasteiger partial charge in [-0.25, -0.2) is 0 Å². The first-order chi connectivity index (χ1) is 12.7. The molecular formula is C23H22N2O. The first kappa shape index (κ1) is 16.6. The zero-order valence-corrected chi connectivity index (χ0v) is 14.9. The molecule has 0 fully saturated rings. The second-order valence-corrected chi connectivity index (χ2v) is 6.83. The van der Waals surface area contributed by atoms with E-state index >= 15 is 0 Å². The van der Waals surface area contributed by atoms with E-state index in [0.717, 1.165) is 24.2 Å². The van der Waals surface area contributed by atoms with E-state index in [0.29, 0.717) is 5.56 Å². The molecule has 0 aliphatic carbocycles. The van der Waals surface area contributed by atoms with E-state index in [1.807, 2.05) is 49.4 Å². The Bertz CT molecular complexity index is 878. The number of aryl methyl sites for hydroxylation is 1. The number of carbonyl (C=O) groups is 1. The number of rotatable bonds is 4. The van der Waals surface area contributed by atoms with Crippen molar-refractivity contribution in [1.29, 1.82) is 0 Å². The van der Waals surface area contributed by atoms with Crippen LogP contribution in [0.2, 0.25) is 0 Å². The topological polar surface area (TPSA) is 32.3 Å². The molecule has 1 aliphatic heterocycles. The van der Waals surface area contributed by atoms with E-state index in [1.54, 1.807) is 0 Å². The Hall–Kier alpha value is -2.91. The van der Waals surface area contributed by atoms with Crippen molar-refractivity contribution in [2.45, 2.75) is 26.2 Å². The second kappa shape index (κ2) is 7.14. The Kier molecular flexibility index (Phi) is 4.55. The number of fused-ring (bicyclic) bond motifs is 1. The van der Waals surface area contributed by atoms with Crippen molar-refractivity contribution < 1.29 is 4.79 Å². The summed E-state index contributed by atoms with van der Waals surface area (Å²) in [6.07, 6.45) is -0.155. The van der Waals surface area contributed by atoms with E-state index in [9.17, 15) is 4.79 Å². The van der Waals surface area contributed by atoms with Gasteiger partial charge in [0.25, 0.3) is 5.91 Å². The molecule has 0 bridgehead atoms. The van der Waals surface area contributed by atoms with Crippen LogP contribution in [-0.2, 0) is 13.1 Å². The van der Waals surface area contributed by atoms with Crippen LogP contribution in [0.25, 0.3) is 0 Å². The maximum Gasteiger partial charge on any atom is 0.252 e. The fraction of sp³-hybridized carbons (Fsp3) is 0.174. The molecule has 0 spiro atoms. The third-order valence-electron chi connectivity index (χ3n) is 4.93. The molecule has 1 heterocycles. The highest BCUT2D eigenvalue weighted by Gasteiger charge is 2.28. The van der Waals surface area contributed by atoms with Gasteiger partial charge in [0.15, 0.2) is 0 Å². The van der Waals surface area contributed by atoms with Crippen LogP contribution >= 0.6 is 0 Å². The van der Waals surface area contributed by atoms with Crippen molar-refractivity contribution in [3.8, 4) is 0 Å². The molecule has 3 nitrogen and oxygen atoms in total. The standard InChI is InChI=1S/C23H22N2O/c1-17-11-13-19(14-12-17)23(26)24-22(18-7-3-2-4-8-18)25-15-20-9-5-6-10-21(20)16-25/h2-14,22H,15-16H2,1H3,(H,24,26). The van der Waals surface area contributed by atoms with Crippen molar-refractivity contribution in [2.24, 2.45) is 0 Å². The molecule has 1 atom stereocenters. The quantitative estimate of drug-likeness (QED) is 0.760. The van der Waals surface area contributed by atoms with Gasteiger partial charge in [0.1, 0.15) is 6.17 Å². The molecule has 0 aromatic heterocycles. The molecule has 26 heavy (non-hydrogen) atoms. The molecule has 0 radical (unpaired) electrons. The molecule has 4 rings (SSSR count). The summed E-state index contributed by atoms with van der Waals surface area (Å²) in [6.45, 7) is 3.70. The highest BCUT2D eigenvalue weighted by atomic mass is 16.1. The summed E-state index contributed by atoms with van der Waals surface area (Å²) in [6, 6.07) is 26.4. The van der Waals surface area contributed by atoms with Gasteiger partial charge in [-0.3, -0.25) is 9.69 Å². The lowest BCUT2D eigenvalue weighted by Crippen LogP contribution is -2.38. The minimum absolute atomic E-state index is 0.0465. The summed E-state index contributed by atoms with van der Waals surface area (Å²) in [4.78, 5) is 15.1. The molecule has 130 valence electrons. The number of carbonyl (C=O) groups excluding carboxylic acids is 1. The minimum atomic E-state index is -0.155. The summed E-state index contributed by atoms with van der Waals surface area (Å²) in [7, 11) is 0. The maximum absolute atomic E-state index is 12.8. The Labute approximate surface area is 154 Å². The van der Waals surface area contributed by atoms with Crippen LogP contribution in [0.4, 0.5) is 0 Å². The SMILES string of the molecule is Cc1ccc(C(=O)NC(c2ccccc2)N2Cc3ccccc3C2)cc1. The average Bonchev–Trinajstić information content (AvgIpc) is 3.11. The summed E-state index contributed by atoms with van der Waals surface area (Å²) >= 11 is 0. The zero-order chi connectivity index (χ0) is 17.9. The molecule has 0 saturated carbocycles. The largest absolute Gasteiger partial charge is 0.332 e. The molecular weight excluding hydrogens is 320 g/mol. The summed E-state index contributed by atoms with van der Waals surface area (Å²) in [5.74, 6) is -0.0465. The molecule has 1 aliphatic rings. The molecule has 3 heteroatoms. The normalized spacial score (nSPS) is 14.7. The van der Waals surface area contributed by atoms with E-state index < -0.39 is 0 Å². The number of hydrogen-bond donors (Lipinski definition) is 1. The van der Waals surface area contributed by atoms with Gasteiger partial charge < -0.3 is 5.32 Å². The number of hydrogen-bond acceptors (Lipinski definition) is 2. The molecule has 3 aromatic rings. The Morgan fingerprint density at radius 1 is 0.846 bits per heavy atom. The molecule has 1 N–H and O–H groups in total. The smallest absolute Gasteiger partial charge is 0.252 e. The lowest BCUT2D eigenvalue weighted by Gasteiger charge is -2.29. The van der Waals surface area contributed by atoms with Crippen LogP contribution in [0, 0.1) is 6.92 Å². The Morgan fingerprint density at radius 3 is 2.04 bits per heavy atom. The van der Waals surface area contributed by atoms with Gasteiger partial charge in [-0.15, -0.1) is 0 Å². The van der Waals surface area contributed by atoms with Gasteiger partial charge in [0, 0.05) is 18.7 Å². The van der Waals surface area contributed by atoms with Gasteiger partial charge in [-0.1, -0.05) is 72.3 Å². The van der Waals surface area contributed by atoms with E-state index in [2.05, 4.69) is 46.6 Å². The summed E-state index contributed by atoms with van der Waals surface area (Å²) < 4.78 is 0. The van der Waals surface area contributed by atoms with Crippen LogP contribution in [0.3, 0.4) is 0 Å². The van der Waals surface area contributed by atoms with Gasteiger partial charge >= 0.3 is 0 Å². The van der Waals surface area contributed by atoms with Crippen molar-refractivity contribution >= 4 is 5.91 Å². The van der Waals surface area contributed by atoms with Crippen molar-refractivity contribution in [1.82, 2.24) is 10.2 Å². The molecule has 1 unspecified atom stereocenters. The predicted octanol–water partition coefficient (Wildman–Crippen LogP) is 4.44. The highest BCUT2D eigenvalue weighted by molar-refractivity contribution is 5.94. The fourth-order valence-electron chi connectivity index (χ4n) is 3.48. The lowest BCUT2D eigenvalue weighted by molar-refractivity contribution is 0.0841. The van der Waals surface area contributed by atoms with Gasteiger partial charge in [0.2, 0.25) is 0 Å². The monoisotopic (exact) mass is 342 g/mol. The zero-order valence-electron chi connectivity index (χ0n) is 14.9.